The molecule has 0 aliphatic carbocycles. The summed E-state index contributed by atoms with van der Waals surface area (Å²) in [6.07, 6.45) is 2.81. The van der Waals surface area contributed by atoms with Gasteiger partial charge in [0.1, 0.15) is 13.2 Å². The molecule has 1 saturated heterocycles. The molecule has 0 bridgehead atoms. The van der Waals surface area contributed by atoms with E-state index in [9.17, 15) is 4.79 Å². The molecule has 6 heteroatoms. The molecule has 2 aliphatic rings. The number of anilines is 1. The average Bonchev–Trinajstić information content (AvgIpc) is 3.03. The molecule has 0 aromatic heterocycles. The van der Waals surface area contributed by atoms with Crippen molar-refractivity contribution >= 4 is 34.6 Å². The third-order valence-corrected chi connectivity index (χ3v) is 5.59. The van der Waals surface area contributed by atoms with E-state index in [1.165, 1.54) is 11.8 Å². The first-order valence-corrected chi connectivity index (χ1v) is 10.2. The van der Waals surface area contributed by atoms with E-state index in [2.05, 4.69) is 13.8 Å². The Morgan fingerprint density at radius 1 is 1.14 bits per heavy atom. The van der Waals surface area contributed by atoms with Crippen LogP contribution in [0.1, 0.15) is 25.8 Å². The van der Waals surface area contributed by atoms with Crippen molar-refractivity contribution in [2.45, 2.75) is 26.3 Å². The topological polar surface area (TPSA) is 51.1 Å². The number of para-hydroxylation sites is 1. The van der Waals surface area contributed by atoms with Gasteiger partial charge < -0.3 is 9.47 Å². The number of hydrogen-bond acceptors (Lipinski definition) is 5. The van der Waals surface area contributed by atoms with Gasteiger partial charge in [-0.1, -0.05) is 31.2 Å². The highest BCUT2D eigenvalue weighted by atomic mass is 32.2. The summed E-state index contributed by atoms with van der Waals surface area (Å²) in [5, 5.41) is 0.717. The normalized spacial score (nSPS) is 20.1. The summed E-state index contributed by atoms with van der Waals surface area (Å²) >= 11 is 1.41. The fourth-order valence-corrected chi connectivity index (χ4v) is 4.03. The maximum atomic E-state index is 13.2. The van der Waals surface area contributed by atoms with Crippen LogP contribution in [-0.2, 0) is 4.79 Å². The van der Waals surface area contributed by atoms with Gasteiger partial charge in [-0.15, -0.1) is 0 Å². The van der Waals surface area contributed by atoms with Crippen molar-refractivity contribution < 1.29 is 14.3 Å². The van der Waals surface area contributed by atoms with Crippen molar-refractivity contribution in [3.63, 3.8) is 0 Å². The second kappa shape index (κ2) is 8.10. The molecule has 2 aromatic carbocycles. The van der Waals surface area contributed by atoms with Crippen LogP contribution < -0.4 is 14.4 Å². The predicted octanol–water partition coefficient (Wildman–Crippen LogP) is 4.73. The molecule has 0 spiro atoms. The largest absolute Gasteiger partial charge is 0.486 e. The fourth-order valence-electron chi connectivity index (χ4n) is 2.95. The number of benzene rings is 2. The molecule has 0 radical (unpaired) electrons. The van der Waals surface area contributed by atoms with Crippen LogP contribution in [0.15, 0.2) is 58.4 Å². The van der Waals surface area contributed by atoms with Gasteiger partial charge in [-0.2, -0.15) is 0 Å². The van der Waals surface area contributed by atoms with E-state index in [0.29, 0.717) is 29.0 Å². The number of amides is 1. The number of ether oxygens (including phenoxy) is 2. The Hall–Kier alpha value is -2.73. The van der Waals surface area contributed by atoms with E-state index in [0.717, 1.165) is 23.4 Å². The molecule has 2 aromatic rings. The van der Waals surface area contributed by atoms with Gasteiger partial charge in [0, 0.05) is 6.04 Å². The van der Waals surface area contributed by atoms with Gasteiger partial charge in [0.25, 0.3) is 5.91 Å². The first-order chi connectivity index (χ1) is 13.7. The van der Waals surface area contributed by atoms with Crippen molar-refractivity contribution in [2.75, 3.05) is 18.1 Å². The lowest BCUT2D eigenvalue weighted by molar-refractivity contribution is -0.113. The van der Waals surface area contributed by atoms with Crippen LogP contribution in [0.5, 0.6) is 11.5 Å². The van der Waals surface area contributed by atoms with E-state index in [4.69, 9.17) is 14.5 Å². The summed E-state index contributed by atoms with van der Waals surface area (Å²) < 4.78 is 11.2. The number of rotatable bonds is 4. The highest BCUT2D eigenvalue weighted by Crippen LogP contribution is 2.38. The summed E-state index contributed by atoms with van der Waals surface area (Å²) in [4.78, 5) is 20.3. The molecule has 1 unspecified atom stereocenters. The SMILES string of the molecule is CCC(C)N=C1S/C(=C\c2ccc3c(c2)OCCO3)C(=O)N1c1ccccc1. The van der Waals surface area contributed by atoms with Gasteiger partial charge in [-0.05, 0) is 61.0 Å². The summed E-state index contributed by atoms with van der Waals surface area (Å²) in [6.45, 7) is 5.25. The number of nitrogens with zero attached hydrogens (tertiary/aromatic N) is 2. The van der Waals surface area contributed by atoms with E-state index >= 15 is 0 Å². The molecule has 2 heterocycles. The minimum Gasteiger partial charge on any atom is -0.486 e. The standard InChI is InChI=1S/C22H22N2O3S/c1-3-15(2)23-22-24(17-7-5-4-6-8-17)21(25)20(28-22)14-16-9-10-18-19(13-16)27-12-11-26-18/h4-10,13-15H,3,11-12H2,1-2H3/b20-14-,23-22?. The first kappa shape index (κ1) is 18.6. The molecule has 1 atom stereocenters. The molecule has 28 heavy (non-hydrogen) atoms. The highest BCUT2D eigenvalue weighted by molar-refractivity contribution is 8.19. The van der Waals surface area contributed by atoms with E-state index in [-0.39, 0.29) is 11.9 Å². The maximum Gasteiger partial charge on any atom is 0.271 e. The van der Waals surface area contributed by atoms with E-state index in [1.807, 2.05) is 54.6 Å². The lowest BCUT2D eigenvalue weighted by Gasteiger charge is -2.18. The van der Waals surface area contributed by atoms with Crippen LogP contribution in [0.2, 0.25) is 0 Å². The third-order valence-electron chi connectivity index (χ3n) is 4.61. The molecule has 144 valence electrons. The van der Waals surface area contributed by atoms with Crippen molar-refractivity contribution in [2.24, 2.45) is 4.99 Å². The van der Waals surface area contributed by atoms with Gasteiger partial charge in [0.2, 0.25) is 0 Å². The lowest BCUT2D eigenvalue weighted by atomic mass is 10.1. The van der Waals surface area contributed by atoms with Crippen LogP contribution in [0, 0.1) is 0 Å². The number of fused-ring (bicyclic) bond motifs is 1. The first-order valence-electron chi connectivity index (χ1n) is 9.42. The van der Waals surface area contributed by atoms with Crippen LogP contribution >= 0.6 is 11.8 Å². The third kappa shape index (κ3) is 3.78. The number of amidine groups is 1. The predicted molar refractivity (Wildman–Crippen MR) is 114 cm³/mol. The number of carbonyl (C=O) groups is 1. The molecular formula is C22H22N2O3S. The lowest BCUT2D eigenvalue weighted by Crippen LogP contribution is -2.29. The Balaban J connectivity index is 1.69. The molecule has 2 aliphatic heterocycles. The summed E-state index contributed by atoms with van der Waals surface area (Å²) in [6, 6.07) is 15.5. The number of carbonyl (C=O) groups excluding carboxylic acids is 1. The monoisotopic (exact) mass is 394 g/mol. The van der Waals surface area contributed by atoms with Crippen LogP contribution in [0.25, 0.3) is 6.08 Å². The average molecular weight is 394 g/mol. The van der Waals surface area contributed by atoms with Gasteiger partial charge in [-0.25, -0.2) is 0 Å². The molecular weight excluding hydrogens is 372 g/mol. The summed E-state index contributed by atoms with van der Waals surface area (Å²) in [7, 11) is 0. The molecule has 0 N–H and O–H groups in total. The Kier molecular flexibility index (Phi) is 5.39. The van der Waals surface area contributed by atoms with Crippen LogP contribution in [-0.4, -0.2) is 30.3 Å². The molecule has 1 amide bonds. The van der Waals surface area contributed by atoms with Crippen molar-refractivity contribution in [3.05, 3.63) is 59.0 Å². The Labute approximate surface area is 169 Å². The van der Waals surface area contributed by atoms with Crippen LogP contribution in [0.3, 0.4) is 0 Å². The minimum atomic E-state index is -0.0619. The summed E-state index contributed by atoms with van der Waals surface area (Å²) in [5.74, 6) is 1.39. The van der Waals surface area contributed by atoms with Gasteiger partial charge in [-0.3, -0.25) is 14.7 Å². The fraction of sp³-hybridized carbons (Fsp3) is 0.273. The Bertz CT molecular complexity index is 940. The van der Waals surface area contributed by atoms with Crippen molar-refractivity contribution in [3.8, 4) is 11.5 Å². The molecule has 5 nitrogen and oxygen atoms in total. The smallest absolute Gasteiger partial charge is 0.271 e. The zero-order valence-corrected chi connectivity index (χ0v) is 16.7. The number of aliphatic imine (C=N–C) groups is 1. The van der Waals surface area contributed by atoms with Gasteiger partial charge in [0.15, 0.2) is 16.7 Å². The highest BCUT2D eigenvalue weighted by Gasteiger charge is 2.34. The van der Waals surface area contributed by atoms with E-state index < -0.39 is 0 Å². The van der Waals surface area contributed by atoms with E-state index in [1.54, 1.807) is 4.90 Å². The van der Waals surface area contributed by atoms with Gasteiger partial charge >= 0.3 is 0 Å². The van der Waals surface area contributed by atoms with Crippen molar-refractivity contribution in [1.29, 1.82) is 0 Å². The number of thioether (sulfide) groups is 1. The Morgan fingerprint density at radius 2 is 1.89 bits per heavy atom. The quantitative estimate of drug-likeness (QED) is 0.703. The second-order valence-electron chi connectivity index (χ2n) is 6.66. The zero-order valence-electron chi connectivity index (χ0n) is 15.9. The second-order valence-corrected chi connectivity index (χ2v) is 7.67. The minimum absolute atomic E-state index is 0.0619. The van der Waals surface area contributed by atoms with Crippen LogP contribution in [0.4, 0.5) is 5.69 Å². The Morgan fingerprint density at radius 3 is 2.64 bits per heavy atom. The van der Waals surface area contributed by atoms with Gasteiger partial charge in [0.05, 0.1) is 10.6 Å². The maximum absolute atomic E-state index is 13.2. The molecule has 4 rings (SSSR count). The molecule has 0 saturated carbocycles. The summed E-state index contributed by atoms with van der Waals surface area (Å²) in [5.41, 5.74) is 1.73. The molecule has 1 fully saturated rings. The van der Waals surface area contributed by atoms with Crippen molar-refractivity contribution in [1.82, 2.24) is 0 Å². The zero-order chi connectivity index (χ0) is 19.5. The number of hydrogen-bond donors (Lipinski definition) is 0.